The van der Waals surface area contributed by atoms with E-state index in [1.165, 1.54) is 22.9 Å². The highest BCUT2D eigenvalue weighted by molar-refractivity contribution is 9.10. The Bertz CT molecular complexity index is 415. The van der Waals surface area contributed by atoms with E-state index in [4.69, 9.17) is 4.74 Å². The lowest BCUT2D eigenvalue weighted by molar-refractivity contribution is 0.359. The predicted molar refractivity (Wildman–Crippen MR) is 79.2 cm³/mol. The number of nitrogens with one attached hydrogen (secondary N) is 1. The Morgan fingerprint density at radius 3 is 2.72 bits per heavy atom. The third-order valence-electron chi connectivity index (χ3n) is 4.01. The number of hydrogen-bond donors (Lipinski definition) is 1. The van der Waals surface area contributed by atoms with Crippen molar-refractivity contribution in [2.45, 2.75) is 39.2 Å². The third-order valence-corrected chi connectivity index (χ3v) is 4.78. The Labute approximate surface area is 118 Å². The minimum absolute atomic E-state index is 0.485. The molecule has 1 N–H and O–H groups in total. The van der Waals surface area contributed by atoms with Crippen LogP contribution in [0.2, 0.25) is 0 Å². The Morgan fingerprint density at radius 2 is 2.17 bits per heavy atom. The van der Waals surface area contributed by atoms with Gasteiger partial charge in [0.1, 0.15) is 5.75 Å². The molecule has 1 aromatic carbocycles. The van der Waals surface area contributed by atoms with Gasteiger partial charge in [0, 0.05) is 10.5 Å². The second kappa shape index (κ2) is 5.62. The molecule has 2 nitrogen and oxygen atoms in total. The minimum Gasteiger partial charge on any atom is -0.497 e. The van der Waals surface area contributed by atoms with Gasteiger partial charge >= 0.3 is 0 Å². The van der Waals surface area contributed by atoms with E-state index in [0.717, 1.165) is 18.7 Å². The molecule has 0 aromatic heterocycles. The second-order valence-corrected chi connectivity index (χ2v) is 6.28. The van der Waals surface area contributed by atoms with Crippen LogP contribution in [0.5, 0.6) is 5.75 Å². The Kier molecular flexibility index (Phi) is 4.33. The monoisotopic (exact) mass is 311 g/mol. The first-order valence-corrected chi connectivity index (χ1v) is 7.44. The first-order valence-electron chi connectivity index (χ1n) is 6.65. The molecule has 0 radical (unpaired) electrons. The maximum absolute atomic E-state index is 5.31. The summed E-state index contributed by atoms with van der Waals surface area (Å²) in [6.07, 6.45) is 3.74. The van der Waals surface area contributed by atoms with Gasteiger partial charge in [-0.3, -0.25) is 0 Å². The van der Waals surface area contributed by atoms with E-state index < -0.39 is 0 Å². The molecule has 1 saturated carbocycles. The summed E-state index contributed by atoms with van der Waals surface area (Å²) < 4.78 is 6.49. The maximum Gasteiger partial charge on any atom is 0.119 e. The van der Waals surface area contributed by atoms with Crippen molar-refractivity contribution in [2.24, 2.45) is 5.41 Å². The van der Waals surface area contributed by atoms with Gasteiger partial charge in [-0.1, -0.05) is 29.8 Å². The van der Waals surface area contributed by atoms with Gasteiger partial charge < -0.3 is 10.1 Å². The number of likely N-dealkylation sites (N-methyl/N-ethyl adjacent to an activating group) is 1. The van der Waals surface area contributed by atoms with Crippen molar-refractivity contribution in [3.05, 3.63) is 28.2 Å². The molecule has 1 fully saturated rings. The highest BCUT2D eigenvalue weighted by Crippen LogP contribution is 2.49. The highest BCUT2D eigenvalue weighted by Gasteiger charge is 2.44. The number of methoxy groups -OCH3 is 1. The summed E-state index contributed by atoms with van der Waals surface area (Å²) in [5.74, 6) is 0.935. The van der Waals surface area contributed by atoms with Crippen molar-refractivity contribution in [3.63, 3.8) is 0 Å². The summed E-state index contributed by atoms with van der Waals surface area (Å²) in [5.41, 5.74) is 1.81. The lowest BCUT2D eigenvalue weighted by atomic mass is 9.92. The van der Waals surface area contributed by atoms with Crippen molar-refractivity contribution in [1.29, 1.82) is 0 Å². The summed E-state index contributed by atoms with van der Waals surface area (Å²) in [6.45, 7) is 5.59. The smallest absolute Gasteiger partial charge is 0.119 e. The van der Waals surface area contributed by atoms with Crippen LogP contribution in [-0.2, 0) is 6.42 Å². The molecule has 0 aliphatic heterocycles. The molecule has 0 saturated heterocycles. The summed E-state index contributed by atoms with van der Waals surface area (Å²) >= 11 is 3.64. The van der Waals surface area contributed by atoms with Gasteiger partial charge in [0.05, 0.1) is 7.11 Å². The van der Waals surface area contributed by atoms with Crippen molar-refractivity contribution in [1.82, 2.24) is 5.32 Å². The molecule has 100 valence electrons. The number of halogens is 1. The fraction of sp³-hybridized carbons (Fsp3) is 0.600. The zero-order valence-electron chi connectivity index (χ0n) is 11.4. The van der Waals surface area contributed by atoms with Crippen LogP contribution in [0, 0.1) is 5.41 Å². The molecular formula is C15H22BrNO. The fourth-order valence-electron chi connectivity index (χ4n) is 2.41. The normalized spacial score (nSPS) is 18.4. The van der Waals surface area contributed by atoms with Gasteiger partial charge in [-0.2, -0.15) is 0 Å². The quantitative estimate of drug-likeness (QED) is 0.863. The first-order chi connectivity index (χ1) is 8.59. The van der Waals surface area contributed by atoms with Gasteiger partial charge in [0.2, 0.25) is 0 Å². The number of rotatable bonds is 6. The summed E-state index contributed by atoms with van der Waals surface area (Å²) in [4.78, 5) is 0. The first kappa shape index (κ1) is 13.9. The van der Waals surface area contributed by atoms with Crippen molar-refractivity contribution >= 4 is 15.9 Å². The molecule has 1 aliphatic carbocycles. The van der Waals surface area contributed by atoms with E-state index in [1.807, 2.05) is 6.07 Å². The lowest BCUT2D eigenvalue weighted by Crippen LogP contribution is -2.38. The highest BCUT2D eigenvalue weighted by atomic mass is 79.9. The van der Waals surface area contributed by atoms with Gasteiger partial charge in [-0.25, -0.2) is 0 Å². The molecule has 1 atom stereocenters. The summed E-state index contributed by atoms with van der Waals surface area (Å²) in [7, 11) is 1.72. The van der Waals surface area contributed by atoms with E-state index in [-0.39, 0.29) is 0 Å². The van der Waals surface area contributed by atoms with Crippen LogP contribution in [0.4, 0.5) is 0 Å². The van der Waals surface area contributed by atoms with Crippen LogP contribution >= 0.6 is 15.9 Å². The van der Waals surface area contributed by atoms with E-state index in [0.29, 0.717) is 11.5 Å². The van der Waals surface area contributed by atoms with Crippen LogP contribution < -0.4 is 10.1 Å². The van der Waals surface area contributed by atoms with Crippen LogP contribution in [0.25, 0.3) is 0 Å². The minimum atomic E-state index is 0.485. The van der Waals surface area contributed by atoms with Gasteiger partial charge in [-0.15, -0.1) is 0 Å². The molecule has 3 heteroatoms. The predicted octanol–water partition coefficient (Wildman–Crippen LogP) is 3.78. The molecule has 0 bridgehead atoms. The van der Waals surface area contributed by atoms with Crippen molar-refractivity contribution < 1.29 is 4.74 Å². The molecule has 2 rings (SSSR count). The van der Waals surface area contributed by atoms with Crippen LogP contribution in [0.15, 0.2) is 22.7 Å². The fourth-order valence-corrected chi connectivity index (χ4v) is 2.82. The van der Waals surface area contributed by atoms with Crippen molar-refractivity contribution in [3.8, 4) is 5.75 Å². The molecule has 1 unspecified atom stereocenters. The molecule has 0 heterocycles. The van der Waals surface area contributed by atoms with Crippen LogP contribution in [0.3, 0.4) is 0 Å². The lowest BCUT2D eigenvalue weighted by Gasteiger charge is -2.25. The van der Waals surface area contributed by atoms with Gasteiger partial charge in [-0.05, 0) is 55.0 Å². The van der Waals surface area contributed by atoms with E-state index in [1.54, 1.807) is 7.11 Å². The Hall–Kier alpha value is -0.540. The SMILES string of the molecule is CCNC(Cc1cc(OC)ccc1Br)C1(C)CC1. The molecule has 0 spiro atoms. The number of hydrogen-bond acceptors (Lipinski definition) is 2. The van der Waals surface area contributed by atoms with E-state index >= 15 is 0 Å². The number of ether oxygens (including phenoxy) is 1. The molecule has 1 aromatic rings. The van der Waals surface area contributed by atoms with E-state index in [9.17, 15) is 0 Å². The van der Waals surface area contributed by atoms with Gasteiger partial charge in [0.15, 0.2) is 0 Å². The second-order valence-electron chi connectivity index (χ2n) is 5.43. The van der Waals surface area contributed by atoms with Crippen LogP contribution in [-0.4, -0.2) is 19.7 Å². The van der Waals surface area contributed by atoms with E-state index in [2.05, 4.69) is 47.2 Å². The number of benzene rings is 1. The average Bonchev–Trinajstić information content (AvgIpc) is 3.10. The molecular weight excluding hydrogens is 290 g/mol. The van der Waals surface area contributed by atoms with Crippen molar-refractivity contribution in [2.75, 3.05) is 13.7 Å². The Morgan fingerprint density at radius 1 is 1.44 bits per heavy atom. The Balaban J connectivity index is 2.15. The molecule has 1 aliphatic rings. The van der Waals surface area contributed by atoms with Gasteiger partial charge in [0.25, 0.3) is 0 Å². The molecule has 0 amide bonds. The third kappa shape index (κ3) is 3.07. The zero-order chi connectivity index (χ0) is 13.2. The largest absolute Gasteiger partial charge is 0.497 e. The zero-order valence-corrected chi connectivity index (χ0v) is 13.0. The summed E-state index contributed by atoms with van der Waals surface area (Å²) in [5, 5.41) is 3.64. The average molecular weight is 312 g/mol. The standard InChI is InChI=1S/C15H22BrNO/c1-4-17-14(15(2)7-8-15)10-11-9-12(18-3)5-6-13(11)16/h5-6,9,14,17H,4,7-8,10H2,1-3H3. The van der Waals surface area contributed by atoms with Crippen LogP contribution in [0.1, 0.15) is 32.3 Å². The topological polar surface area (TPSA) is 21.3 Å². The molecule has 18 heavy (non-hydrogen) atoms. The maximum atomic E-state index is 5.31. The summed E-state index contributed by atoms with van der Waals surface area (Å²) in [6, 6.07) is 6.77.